The van der Waals surface area contributed by atoms with Crippen LogP contribution in [0, 0.1) is 0 Å². The molecule has 0 spiro atoms. The summed E-state index contributed by atoms with van der Waals surface area (Å²) in [5.41, 5.74) is 1.90. The Morgan fingerprint density at radius 3 is 2.45 bits per heavy atom. The number of halogens is 1. The molecule has 0 heterocycles. The van der Waals surface area contributed by atoms with Gasteiger partial charge in [-0.2, -0.15) is 4.39 Å². The zero-order valence-corrected chi connectivity index (χ0v) is 7.66. The van der Waals surface area contributed by atoms with Gasteiger partial charge in [-0.15, -0.1) is 0 Å². The van der Waals surface area contributed by atoms with Crippen molar-refractivity contribution in [1.82, 2.24) is 10.8 Å². The van der Waals surface area contributed by atoms with Gasteiger partial charge in [-0.05, 0) is 20.8 Å². The maximum absolute atomic E-state index is 10.7. The maximum atomic E-state index is 10.7. The molecule has 0 saturated carbocycles. The fourth-order valence-corrected chi connectivity index (χ4v) is 0.511. The van der Waals surface area contributed by atoms with Crippen molar-refractivity contribution < 1.29 is 9.18 Å². The Balaban J connectivity index is 3.46. The normalized spacial score (nSPS) is 11.3. The summed E-state index contributed by atoms with van der Waals surface area (Å²) in [6.07, 6.45) is 0. The molecule has 1 amide bonds. The van der Waals surface area contributed by atoms with Crippen molar-refractivity contribution in [3.05, 3.63) is 0 Å². The highest BCUT2D eigenvalue weighted by Gasteiger charge is 2.10. The largest absolute Gasteiger partial charge is 0.304 e. The lowest BCUT2D eigenvalue weighted by molar-refractivity contribution is -0.126. The molecule has 0 aromatic carbocycles. The lowest BCUT2D eigenvalue weighted by atomic mass is 10.1. The Labute approximate surface area is 71.4 Å². The first-order valence-electron chi connectivity index (χ1n) is 3.27. The Morgan fingerprint density at radius 2 is 2.09 bits per heavy atom. The summed E-state index contributed by atoms with van der Waals surface area (Å²) in [5.74, 6) is -0.296. The zero-order valence-electron chi connectivity index (χ0n) is 6.90. The average molecular weight is 181 g/mol. The van der Waals surface area contributed by atoms with Crippen LogP contribution >= 0.6 is 11.9 Å². The lowest BCUT2D eigenvalue weighted by Crippen LogP contribution is -2.42. The zero-order chi connectivity index (χ0) is 8.91. The Kier molecular flexibility index (Phi) is 4.40. The standard InChI is InChI=1S/C6H13ClN2O2/c1-6(2,3)8-4-5(10)9-11-7/h8H,4H2,1-3H3,(H,9,10). The minimum atomic E-state index is -0.296. The number of carbonyl (C=O) groups excluding carboxylic acids is 1. The fraction of sp³-hybridized carbons (Fsp3) is 0.833. The van der Waals surface area contributed by atoms with Crippen molar-refractivity contribution in [2.45, 2.75) is 26.3 Å². The van der Waals surface area contributed by atoms with E-state index in [2.05, 4.69) is 9.71 Å². The lowest BCUT2D eigenvalue weighted by Gasteiger charge is -2.19. The highest BCUT2D eigenvalue weighted by atomic mass is 35.5. The van der Waals surface area contributed by atoms with Crippen molar-refractivity contribution in [3.8, 4) is 0 Å². The van der Waals surface area contributed by atoms with Crippen molar-refractivity contribution in [2.24, 2.45) is 0 Å². The van der Waals surface area contributed by atoms with Crippen LogP contribution in [0.25, 0.3) is 0 Å². The quantitative estimate of drug-likeness (QED) is 0.625. The minimum Gasteiger partial charge on any atom is -0.304 e. The van der Waals surface area contributed by atoms with E-state index in [1.165, 1.54) is 0 Å². The van der Waals surface area contributed by atoms with E-state index in [9.17, 15) is 4.79 Å². The molecular formula is C6H13ClN2O2. The highest BCUT2D eigenvalue weighted by molar-refractivity contribution is 6.07. The summed E-state index contributed by atoms with van der Waals surface area (Å²) in [6.45, 7) is 6.07. The van der Waals surface area contributed by atoms with Crippen molar-refractivity contribution >= 4 is 17.8 Å². The molecule has 0 aliphatic carbocycles. The van der Waals surface area contributed by atoms with Crippen LogP contribution in [0.15, 0.2) is 0 Å². The van der Waals surface area contributed by atoms with Gasteiger partial charge in [0.2, 0.25) is 0 Å². The predicted octanol–water partition coefficient (Wildman–Crippen LogP) is 0.576. The third-order valence-electron chi connectivity index (χ3n) is 0.932. The first kappa shape index (κ1) is 10.7. The summed E-state index contributed by atoms with van der Waals surface area (Å²) in [6, 6.07) is 0. The first-order chi connectivity index (χ1) is 4.95. The van der Waals surface area contributed by atoms with E-state index in [1.807, 2.05) is 26.3 Å². The van der Waals surface area contributed by atoms with Crippen LogP contribution < -0.4 is 10.8 Å². The number of rotatable bonds is 3. The topological polar surface area (TPSA) is 50.4 Å². The number of hydrogen-bond donors (Lipinski definition) is 2. The van der Waals surface area contributed by atoms with Gasteiger partial charge >= 0.3 is 0 Å². The van der Waals surface area contributed by atoms with Gasteiger partial charge < -0.3 is 5.32 Å². The van der Waals surface area contributed by atoms with Gasteiger partial charge in [0.1, 0.15) is 0 Å². The molecule has 0 unspecified atom stereocenters. The van der Waals surface area contributed by atoms with Crippen molar-refractivity contribution in [2.75, 3.05) is 6.54 Å². The highest BCUT2D eigenvalue weighted by Crippen LogP contribution is 1.96. The Hall–Kier alpha value is -0.320. The van der Waals surface area contributed by atoms with Gasteiger partial charge in [0.25, 0.3) is 5.91 Å². The van der Waals surface area contributed by atoms with Gasteiger partial charge in [-0.1, -0.05) is 0 Å². The molecule has 5 heteroatoms. The van der Waals surface area contributed by atoms with Crippen molar-refractivity contribution in [3.63, 3.8) is 0 Å². The molecule has 0 bridgehead atoms. The third kappa shape index (κ3) is 7.58. The van der Waals surface area contributed by atoms with Gasteiger partial charge in [-0.3, -0.25) is 4.79 Å². The van der Waals surface area contributed by atoms with Crippen LogP contribution in [-0.2, 0) is 9.18 Å². The number of hydrogen-bond acceptors (Lipinski definition) is 3. The van der Waals surface area contributed by atoms with Crippen molar-refractivity contribution in [1.29, 1.82) is 0 Å². The second kappa shape index (κ2) is 4.54. The average Bonchev–Trinajstić information content (AvgIpc) is 1.83. The van der Waals surface area contributed by atoms with E-state index < -0.39 is 0 Å². The van der Waals surface area contributed by atoms with Crippen LogP contribution in [-0.4, -0.2) is 18.0 Å². The molecule has 0 aromatic heterocycles. The number of hydroxylamine groups is 1. The monoisotopic (exact) mass is 180 g/mol. The summed E-state index contributed by atoms with van der Waals surface area (Å²) >= 11 is 4.79. The molecule has 0 aliphatic rings. The van der Waals surface area contributed by atoms with E-state index in [0.29, 0.717) is 0 Å². The van der Waals surface area contributed by atoms with E-state index in [1.54, 1.807) is 0 Å². The Morgan fingerprint density at radius 1 is 1.55 bits per heavy atom. The molecular weight excluding hydrogens is 168 g/mol. The van der Waals surface area contributed by atoms with Gasteiger partial charge in [0, 0.05) is 5.54 Å². The maximum Gasteiger partial charge on any atom is 0.258 e. The summed E-state index contributed by atoms with van der Waals surface area (Å²) < 4.78 is 3.90. The van der Waals surface area contributed by atoms with E-state index >= 15 is 0 Å². The second-order valence-electron chi connectivity index (χ2n) is 3.21. The molecule has 0 atom stereocenters. The first-order valence-corrected chi connectivity index (χ1v) is 3.58. The third-order valence-corrected chi connectivity index (χ3v) is 1.01. The molecule has 4 nitrogen and oxygen atoms in total. The molecule has 0 aromatic rings. The summed E-state index contributed by atoms with van der Waals surface area (Å²) in [5, 5.41) is 2.96. The van der Waals surface area contributed by atoms with E-state index in [-0.39, 0.29) is 18.0 Å². The molecule has 0 rings (SSSR count). The fourth-order valence-electron chi connectivity index (χ4n) is 0.425. The molecule has 11 heavy (non-hydrogen) atoms. The summed E-state index contributed by atoms with van der Waals surface area (Å²) in [7, 11) is 0. The van der Waals surface area contributed by atoms with Gasteiger partial charge in [-0.25, -0.2) is 5.48 Å². The number of amides is 1. The number of nitrogens with one attached hydrogen (secondary N) is 2. The molecule has 66 valence electrons. The van der Waals surface area contributed by atoms with Crippen LogP contribution in [0.5, 0.6) is 0 Å². The molecule has 0 saturated heterocycles. The second-order valence-corrected chi connectivity index (χ2v) is 3.36. The van der Waals surface area contributed by atoms with Crippen LogP contribution in [0.4, 0.5) is 0 Å². The number of carbonyl (C=O) groups is 1. The van der Waals surface area contributed by atoms with Crippen LogP contribution in [0.3, 0.4) is 0 Å². The molecule has 0 radical (unpaired) electrons. The molecule has 2 N–H and O–H groups in total. The summed E-state index contributed by atoms with van der Waals surface area (Å²) in [4.78, 5) is 10.7. The SMILES string of the molecule is CC(C)(C)NCC(=O)NOCl. The van der Waals surface area contributed by atoms with Crippen LogP contribution in [0.1, 0.15) is 20.8 Å². The Bertz CT molecular complexity index is 133. The van der Waals surface area contributed by atoms with Gasteiger partial charge in [0.05, 0.1) is 18.4 Å². The van der Waals surface area contributed by atoms with Gasteiger partial charge in [0.15, 0.2) is 0 Å². The van der Waals surface area contributed by atoms with E-state index in [0.717, 1.165) is 0 Å². The van der Waals surface area contributed by atoms with E-state index in [4.69, 9.17) is 11.9 Å². The molecule has 0 aliphatic heterocycles. The predicted molar refractivity (Wildman–Crippen MR) is 42.8 cm³/mol. The minimum absolute atomic E-state index is 0.0797. The van der Waals surface area contributed by atoms with Crippen LogP contribution in [0.2, 0.25) is 0 Å². The smallest absolute Gasteiger partial charge is 0.258 e. The molecule has 0 fully saturated rings.